The van der Waals surface area contributed by atoms with Gasteiger partial charge in [0.1, 0.15) is 52.8 Å². The number of carbonyl (C=O) groups is 2. The number of aliphatic hydroxyl groups excluding tert-OH is 2. The fourth-order valence-corrected chi connectivity index (χ4v) is 5.67. The minimum absolute atomic E-state index is 0.0196. The molecule has 0 amide bonds. The zero-order valence-corrected chi connectivity index (χ0v) is 29.2. The number of hydrogen-bond acceptors (Lipinski definition) is 16. The zero-order chi connectivity index (χ0) is 40.1. The second kappa shape index (κ2) is 16.6. The second-order valence-electron chi connectivity index (χ2n) is 12.3. The fraction of sp³-hybridized carbons (Fsp3) is 0.175. The second-order valence-corrected chi connectivity index (χ2v) is 12.3. The molecule has 1 aromatic heterocycles. The van der Waals surface area contributed by atoms with Gasteiger partial charge >= 0.3 is 11.9 Å². The van der Waals surface area contributed by atoms with E-state index in [4.69, 9.17) is 28.1 Å². The van der Waals surface area contributed by atoms with Gasteiger partial charge in [0.2, 0.25) is 17.5 Å². The molecule has 16 nitrogen and oxygen atoms in total. The highest BCUT2D eigenvalue weighted by Gasteiger charge is 2.49. The molecule has 4 aromatic carbocycles. The van der Waals surface area contributed by atoms with Crippen molar-refractivity contribution in [3.05, 3.63) is 112 Å². The van der Waals surface area contributed by atoms with Crippen molar-refractivity contribution in [2.24, 2.45) is 0 Å². The number of phenols is 5. The van der Waals surface area contributed by atoms with E-state index in [0.29, 0.717) is 11.1 Å². The number of esters is 2. The van der Waals surface area contributed by atoms with Crippen LogP contribution in [0, 0.1) is 0 Å². The summed E-state index contributed by atoms with van der Waals surface area (Å²) in [5.74, 6) is -4.11. The molecule has 0 spiro atoms. The Bertz CT molecular complexity index is 2350. The lowest BCUT2D eigenvalue weighted by Gasteiger charge is -2.41. The number of benzene rings is 4. The van der Waals surface area contributed by atoms with E-state index in [0.717, 1.165) is 24.3 Å². The third kappa shape index (κ3) is 8.68. The van der Waals surface area contributed by atoms with Gasteiger partial charge in [-0.1, -0.05) is 18.2 Å². The van der Waals surface area contributed by atoms with E-state index >= 15 is 0 Å². The van der Waals surface area contributed by atoms with Crippen LogP contribution in [-0.2, 0) is 23.8 Å². The van der Waals surface area contributed by atoms with Crippen LogP contribution >= 0.6 is 0 Å². The van der Waals surface area contributed by atoms with Crippen LogP contribution in [0.15, 0.2) is 100 Å². The predicted octanol–water partition coefficient (Wildman–Crippen LogP) is 3.70. The topological polar surface area (TPSA) is 252 Å². The van der Waals surface area contributed by atoms with Gasteiger partial charge in [-0.2, -0.15) is 0 Å². The summed E-state index contributed by atoms with van der Waals surface area (Å²) in [4.78, 5) is 39.7. The van der Waals surface area contributed by atoms with Crippen LogP contribution in [0.25, 0.3) is 34.4 Å². The van der Waals surface area contributed by atoms with Crippen LogP contribution in [0.4, 0.5) is 0 Å². The molecule has 0 aliphatic carbocycles. The first-order valence-electron chi connectivity index (χ1n) is 16.7. The highest BCUT2D eigenvalue weighted by atomic mass is 16.7. The molecule has 5 atom stereocenters. The number of rotatable bonds is 11. The lowest BCUT2D eigenvalue weighted by atomic mass is 9.98. The maximum absolute atomic E-state index is 13.9. The number of phenolic OH excluding ortho intramolecular Hbond substituents is 5. The van der Waals surface area contributed by atoms with E-state index in [9.17, 15) is 50.1 Å². The van der Waals surface area contributed by atoms with Crippen LogP contribution in [0.2, 0.25) is 0 Å². The van der Waals surface area contributed by atoms with Crippen LogP contribution in [0.3, 0.4) is 0 Å². The van der Waals surface area contributed by atoms with Crippen LogP contribution in [0.1, 0.15) is 11.1 Å². The Labute approximate surface area is 316 Å². The van der Waals surface area contributed by atoms with Crippen molar-refractivity contribution in [3.8, 4) is 51.6 Å². The molecule has 2 heterocycles. The van der Waals surface area contributed by atoms with Crippen molar-refractivity contribution in [3.63, 3.8) is 0 Å². The minimum atomic E-state index is -2.02. The van der Waals surface area contributed by atoms with Gasteiger partial charge in [-0.25, -0.2) is 9.59 Å². The molecular formula is C40H34O16. The summed E-state index contributed by atoms with van der Waals surface area (Å²) in [5.41, 5.74) is -0.112. The van der Waals surface area contributed by atoms with E-state index in [1.165, 1.54) is 73.9 Å². The summed E-state index contributed by atoms with van der Waals surface area (Å²) in [7, 11) is 1.34. The van der Waals surface area contributed by atoms with Crippen LogP contribution in [0.5, 0.6) is 40.2 Å². The smallest absolute Gasteiger partial charge is 0.331 e. The Morgan fingerprint density at radius 2 is 1.39 bits per heavy atom. The molecule has 0 bridgehead atoms. The fourth-order valence-electron chi connectivity index (χ4n) is 5.67. The molecule has 290 valence electrons. The Morgan fingerprint density at radius 1 is 0.750 bits per heavy atom. The number of fused-ring (bicyclic) bond motifs is 1. The minimum Gasteiger partial charge on any atom is -0.508 e. The van der Waals surface area contributed by atoms with Gasteiger partial charge in [-0.15, -0.1) is 0 Å². The Hall–Kier alpha value is -7.01. The van der Waals surface area contributed by atoms with Crippen molar-refractivity contribution in [1.82, 2.24) is 0 Å². The molecule has 0 saturated carbocycles. The molecule has 16 heteroatoms. The Morgan fingerprint density at radius 3 is 2.09 bits per heavy atom. The summed E-state index contributed by atoms with van der Waals surface area (Å²) in [6.07, 6.45) is -4.43. The van der Waals surface area contributed by atoms with E-state index in [1.807, 2.05) is 0 Å². The number of aromatic hydroxyl groups is 5. The number of ether oxygens (including phenoxy) is 5. The first-order valence-corrected chi connectivity index (χ1v) is 16.7. The Kier molecular flexibility index (Phi) is 11.4. The maximum Gasteiger partial charge on any atom is 0.331 e. The molecule has 6 rings (SSSR count). The molecule has 56 heavy (non-hydrogen) atoms. The SMILES string of the molecule is COc1cc(C=CC(=O)O[C@@H]2[C@@H](O)[C@H](Oc3c(-c4ccc(O)cc4)oc4cc(O)cc(O)c4c3=O)O[C@H](COC(=O)C=Cc3ccc(O)cc3)[C@H]2O)ccc1O. The lowest BCUT2D eigenvalue weighted by molar-refractivity contribution is -0.281. The predicted molar refractivity (Wildman–Crippen MR) is 196 cm³/mol. The van der Waals surface area contributed by atoms with Crippen LogP contribution in [-0.4, -0.2) is 92.1 Å². The molecule has 1 fully saturated rings. The standard InChI is InChI=1S/C40H34O16/c1-51-28-16-21(4-13-26(28)44)6-15-32(47)55-38-34(48)30(19-52-31(46)14-5-20-2-9-23(41)10-3-20)54-40(36(38)50)56-39-35(49)33-27(45)17-25(43)18-29(33)53-37(39)22-7-11-24(42)12-8-22/h2-18,30,34,36,38,40-45,48,50H,19H2,1H3/t30-,34-,36-,38+,40+/m1/s1. The molecule has 0 unspecified atom stereocenters. The van der Waals surface area contributed by atoms with Crippen molar-refractivity contribution in [1.29, 1.82) is 0 Å². The third-order valence-electron chi connectivity index (χ3n) is 8.49. The third-order valence-corrected chi connectivity index (χ3v) is 8.49. The summed E-state index contributed by atoms with van der Waals surface area (Å²) in [6.45, 7) is -0.680. The summed E-state index contributed by atoms with van der Waals surface area (Å²) in [5, 5.41) is 72.3. The molecule has 1 saturated heterocycles. The molecule has 5 aromatic rings. The summed E-state index contributed by atoms with van der Waals surface area (Å²) in [6, 6.07) is 17.4. The molecule has 0 radical (unpaired) electrons. The van der Waals surface area contributed by atoms with Gasteiger partial charge in [0.15, 0.2) is 29.5 Å². The lowest BCUT2D eigenvalue weighted by Crippen LogP contribution is -2.61. The van der Waals surface area contributed by atoms with E-state index in [1.54, 1.807) is 12.1 Å². The van der Waals surface area contributed by atoms with Crippen molar-refractivity contribution >= 4 is 35.1 Å². The number of aliphatic hydroxyl groups is 2. The molecule has 1 aliphatic heterocycles. The number of carbonyl (C=O) groups excluding carboxylic acids is 2. The van der Waals surface area contributed by atoms with E-state index in [2.05, 4.69) is 0 Å². The first kappa shape index (κ1) is 38.7. The highest BCUT2D eigenvalue weighted by molar-refractivity contribution is 5.89. The van der Waals surface area contributed by atoms with Gasteiger partial charge < -0.3 is 63.8 Å². The average molecular weight is 771 g/mol. The first-order chi connectivity index (χ1) is 26.8. The van der Waals surface area contributed by atoms with Gasteiger partial charge in [0.25, 0.3) is 0 Å². The average Bonchev–Trinajstić information content (AvgIpc) is 3.17. The van der Waals surface area contributed by atoms with Crippen molar-refractivity contribution in [2.75, 3.05) is 13.7 Å². The van der Waals surface area contributed by atoms with Crippen molar-refractivity contribution < 1.29 is 73.4 Å². The quantitative estimate of drug-likeness (QED) is 0.0747. The maximum atomic E-state index is 13.9. The molecule has 1 aliphatic rings. The van der Waals surface area contributed by atoms with E-state index < -0.39 is 77.3 Å². The van der Waals surface area contributed by atoms with E-state index in [-0.39, 0.29) is 39.9 Å². The van der Waals surface area contributed by atoms with Gasteiger partial charge in [0.05, 0.1) is 7.11 Å². The highest BCUT2D eigenvalue weighted by Crippen LogP contribution is 2.38. The van der Waals surface area contributed by atoms with Crippen molar-refractivity contribution in [2.45, 2.75) is 30.7 Å². The number of methoxy groups -OCH3 is 1. The molecular weight excluding hydrogens is 736 g/mol. The van der Waals surface area contributed by atoms with Crippen LogP contribution < -0.4 is 14.9 Å². The van der Waals surface area contributed by atoms with Gasteiger partial charge in [-0.05, 0) is 71.8 Å². The van der Waals surface area contributed by atoms with Gasteiger partial charge in [0, 0.05) is 29.8 Å². The zero-order valence-electron chi connectivity index (χ0n) is 29.2. The largest absolute Gasteiger partial charge is 0.508 e. The Balaban J connectivity index is 1.32. The summed E-state index contributed by atoms with van der Waals surface area (Å²) < 4.78 is 33.5. The normalized spacial score (nSPS) is 19.6. The molecule has 7 N–H and O–H groups in total. The monoisotopic (exact) mass is 770 g/mol. The number of hydrogen-bond donors (Lipinski definition) is 7. The summed E-state index contributed by atoms with van der Waals surface area (Å²) >= 11 is 0. The van der Waals surface area contributed by atoms with Gasteiger partial charge in [-0.3, -0.25) is 4.79 Å².